The van der Waals surface area contributed by atoms with E-state index in [2.05, 4.69) is 81.6 Å². The quantitative estimate of drug-likeness (QED) is 0.268. The predicted octanol–water partition coefficient (Wildman–Crippen LogP) is 4.98. The number of hydrogen-bond donors (Lipinski definition) is 4. The Kier molecular flexibility index (Phi) is 8.40. The van der Waals surface area contributed by atoms with Crippen LogP contribution in [0.3, 0.4) is 0 Å². The van der Waals surface area contributed by atoms with Crippen LogP contribution in [0.2, 0.25) is 0 Å². The van der Waals surface area contributed by atoms with Crippen LogP contribution in [-0.4, -0.2) is 39.4 Å². The van der Waals surface area contributed by atoms with E-state index in [9.17, 15) is 0 Å². The highest BCUT2D eigenvalue weighted by Crippen LogP contribution is 2.28. The Morgan fingerprint density at radius 1 is 1.03 bits per heavy atom. The van der Waals surface area contributed by atoms with Crippen molar-refractivity contribution in [2.75, 3.05) is 30.3 Å². The van der Waals surface area contributed by atoms with Crippen molar-refractivity contribution < 1.29 is 0 Å². The molecule has 2 aromatic heterocycles. The number of hydrogen-bond acceptors (Lipinski definition) is 7. The molecule has 1 aliphatic rings. The number of para-hydroxylation sites is 1. The Labute approximate surface area is 218 Å². The van der Waals surface area contributed by atoms with Crippen LogP contribution >= 0.6 is 12.4 Å². The lowest BCUT2D eigenvalue weighted by Crippen LogP contribution is -2.33. The smallest absolute Gasteiger partial charge is 0.229 e. The first-order valence-corrected chi connectivity index (χ1v) is 12.4. The van der Waals surface area contributed by atoms with Gasteiger partial charge in [-0.15, -0.1) is 12.4 Å². The van der Waals surface area contributed by atoms with E-state index in [4.69, 9.17) is 4.98 Å². The number of rotatable bonds is 8. The number of aromatic nitrogens is 4. The fraction of sp³-hybridized carbons (Fsp3) is 0.370. The minimum Gasteiger partial charge on any atom is -0.338 e. The molecular weight excluding hydrogens is 472 g/mol. The van der Waals surface area contributed by atoms with E-state index in [-0.39, 0.29) is 12.4 Å². The van der Waals surface area contributed by atoms with Gasteiger partial charge in [0.25, 0.3) is 0 Å². The number of benzene rings is 2. The summed E-state index contributed by atoms with van der Waals surface area (Å²) in [7, 11) is 1.91. The van der Waals surface area contributed by atoms with E-state index < -0.39 is 0 Å². The van der Waals surface area contributed by atoms with Crippen LogP contribution in [0.5, 0.6) is 0 Å². The molecule has 0 unspecified atom stereocenters. The summed E-state index contributed by atoms with van der Waals surface area (Å²) in [5.74, 6) is 2.08. The summed E-state index contributed by atoms with van der Waals surface area (Å²) in [6, 6.07) is 14.7. The Bertz CT molecular complexity index is 1290. The van der Waals surface area contributed by atoms with Gasteiger partial charge in [-0.05, 0) is 81.1 Å². The van der Waals surface area contributed by atoms with Gasteiger partial charge >= 0.3 is 0 Å². The monoisotopic (exact) mass is 506 g/mol. The van der Waals surface area contributed by atoms with Gasteiger partial charge in [0.1, 0.15) is 0 Å². The first-order valence-electron chi connectivity index (χ1n) is 12.4. The summed E-state index contributed by atoms with van der Waals surface area (Å²) in [4.78, 5) is 9.33. The van der Waals surface area contributed by atoms with E-state index in [1.165, 1.54) is 29.5 Å². The molecule has 190 valence electrons. The second kappa shape index (κ2) is 11.7. The average molecular weight is 507 g/mol. The highest BCUT2D eigenvalue weighted by molar-refractivity contribution is 5.90. The number of aryl methyl sites for hydroxylation is 3. The van der Waals surface area contributed by atoms with Crippen molar-refractivity contribution in [3.05, 3.63) is 65.4 Å². The van der Waals surface area contributed by atoms with Gasteiger partial charge in [0.15, 0.2) is 11.5 Å². The van der Waals surface area contributed by atoms with Crippen LogP contribution in [0.4, 0.5) is 23.1 Å². The van der Waals surface area contributed by atoms with E-state index in [1.54, 1.807) is 4.68 Å². The molecule has 0 bridgehead atoms. The third-order valence-electron chi connectivity index (χ3n) is 6.71. The highest BCUT2D eigenvalue weighted by atomic mass is 35.5. The summed E-state index contributed by atoms with van der Waals surface area (Å²) in [5.41, 5.74) is 6.41. The highest BCUT2D eigenvalue weighted by Gasteiger charge is 2.14. The minimum atomic E-state index is 0. The molecule has 0 spiro atoms. The van der Waals surface area contributed by atoms with Gasteiger partial charge in [-0.1, -0.05) is 30.3 Å². The first kappa shape index (κ1) is 25.9. The number of nitrogens with one attached hydrogen (secondary N) is 4. The zero-order valence-corrected chi connectivity index (χ0v) is 22.0. The Balaban J connectivity index is 0.00000304. The molecule has 9 heteroatoms. The lowest BCUT2D eigenvalue weighted by Gasteiger charge is -2.22. The molecule has 0 aliphatic carbocycles. The normalized spacial score (nSPS) is 14.0. The molecule has 4 N–H and O–H groups in total. The van der Waals surface area contributed by atoms with E-state index in [1.807, 2.05) is 19.3 Å². The zero-order valence-electron chi connectivity index (χ0n) is 21.1. The van der Waals surface area contributed by atoms with Gasteiger partial charge in [0.05, 0.1) is 5.39 Å². The number of anilines is 4. The molecule has 1 aliphatic heterocycles. The van der Waals surface area contributed by atoms with E-state index >= 15 is 0 Å². The fourth-order valence-electron chi connectivity index (χ4n) is 4.71. The van der Waals surface area contributed by atoms with Crippen molar-refractivity contribution in [1.29, 1.82) is 0 Å². The molecule has 36 heavy (non-hydrogen) atoms. The van der Waals surface area contributed by atoms with Gasteiger partial charge in [-0.25, -0.2) is 9.67 Å². The number of halogens is 1. The molecule has 8 nitrogen and oxygen atoms in total. The van der Waals surface area contributed by atoms with Gasteiger partial charge in [0, 0.05) is 31.2 Å². The van der Waals surface area contributed by atoms with Crippen molar-refractivity contribution in [2.24, 2.45) is 13.0 Å². The lowest BCUT2D eigenvalue weighted by atomic mass is 9.98. The zero-order chi connectivity index (χ0) is 24.2. The van der Waals surface area contributed by atoms with Gasteiger partial charge in [-0.2, -0.15) is 10.1 Å². The molecule has 4 aromatic rings. The molecule has 5 rings (SSSR count). The molecular formula is C27H35ClN8. The summed E-state index contributed by atoms with van der Waals surface area (Å²) in [5, 5.41) is 19.4. The van der Waals surface area contributed by atoms with Crippen LogP contribution < -0.4 is 21.3 Å². The Hall–Kier alpha value is -3.20. The first-order chi connectivity index (χ1) is 17.1. The molecule has 1 saturated heterocycles. The molecule has 2 aromatic carbocycles. The minimum absolute atomic E-state index is 0. The second-order valence-corrected chi connectivity index (χ2v) is 9.44. The van der Waals surface area contributed by atoms with Gasteiger partial charge in [-0.3, -0.25) is 0 Å². The molecule has 1 fully saturated rings. The Morgan fingerprint density at radius 2 is 1.78 bits per heavy atom. The van der Waals surface area contributed by atoms with Gasteiger partial charge < -0.3 is 21.3 Å². The number of piperidine rings is 1. The maximum atomic E-state index is 4.75. The largest absolute Gasteiger partial charge is 0.338 e. The average Bonchev–Trinajstić information content (AvgIpc) is 3.17. The predicted molar refractivity (Wildman–Crippen MR) is 150 cm³/mol. The third-order valence-corrected chi connectivity index (χ3v) is 6.71. The van der Waals surface area contributed by atoms with Crippen LogP contribution in [0, 0.1) is 19.8 Å². The van der Waals surface area contributed by atoms with Crippen molar-refractivity contribution in [3.8, 4) is 0 Å². The van der Waals surface area contributed by atoms with Crippen LogP contribution in [-0.2, 0) is 13.6 Å². The Morgan fingerprint density at radius 3 is 2.56 bits per heavy atom. The number of nitrogens with zero attached hydrogens (tertiary/aromatic N) is 4. The molecule has 0 amide bonds. The van der Waals surface area contributed by atoms with Gasteiger partial charge in [0.2, 0.25) is 5.95 Å². The lowest BCUT2D eigenvalue weighted by molar-refractivity contribution is 0.356. The van der Waals surface area contributed by atoms with Crippen LogP contribution in [0.15, 0.2) is 48.7 Å². The molecule has 0 saturated carbocycles. The summed E-state index contributed by atoms with van der Waals surface area (Å²) >= 11 is 0. The molecule has 3 heterocycles. The van der Waals surface area contributed by atoms with Crippen molar-refractivity contribution >= 4 is 46.6 Å². The molecule has 0 atom stereocenters. The van der Waals surface area contributed by atoms with Crippen molar-refractivity contribution in [1.82, 2.24) is 30.4 Å². The summed E-state index contributed by atoms with van der Waals surface area (Å²) in [6.45, 7) is 8.38. The maximum absolute atomic E-state index is 4.75. The van der Waals surface area contributed by atoms with Crippen LogP contribution in [0.25, 0.3) is 11.0 Å². The van der Waals surface area contributed by atoms with Crippen molar-refractivity contribution in [2.45, 2.75) is 33.2 Å². The van der Waals surface area contributed by atoms with E-state index in [0.29, 0.717) is 5.95 Å². The molecule has 0 radical (unpaired) electrons. The van der Waals surface area contributed by atoms with Crippen molar-refractivity contribution in [3.63, 3.8) is 0 Å². The van der Waals surface area contributed by atoms with Crippen LogP contribution in [0.1, 0.15) is 29.5 Å². The number of fused-ring (bicyclic) bond motifs is 1. The van der Waals surface area contributed by atoms with E-state index in [0.717, 1.165) is 60.3 Å². The third kappa shape index (κ3) is 5.95. The topological polar surface area (TPSA) is 91.7 Å². The maximum Gasteiger partial charge on any atom is 0.229 e. The summed E-state index contributed by atoms with van der Waals surface area (Å²) < 4.78 is 1.79. The fourth-order valence-corrected chi connectivity index (χ4v) is 4.71. The summed E-state index contributed by atoms with van der Waals surface area (Å²) in [6.07, 6.45) is 4.34. The SMILES string of the molecule is Cc1cccc(C)c1Nc1nn(C)c2nc(Nc3cccc(CNCC4CCNCC4)c3)ncc12.Cl. The second-order valence-electron chi connectivity index (χ2n) is 9.44. The standard InChI is InChI=1S/C27H34N8.ClH/c1-18-6-4-7-19(2)24(18)32-25-23-17-30-27(33-26(23)35(3)34-25)31-22-9-5-8-21(14-22)16-29-15-20-10-12-28-13-11-20;/h4-9,14,17,20,28-29H,10-13,15-16H2,1-3H3,(H,32,34)(H,30,31,33);1H.